The van der Waals surface area contributed by atoms with E-state index in [-0.39, 0.29) is 12.5 Å². The van der Waals surface area contributed by atoms with Crippen LogP contribution >= 0.6 is 0 Å². The topological polar surface area (TPSA) is 72.8 Å². The summed E-state index contributed by atoms with van der Waals surface area (Å²) in [6.45, 7) is 4.75. The van der Waals surface area contributed by atoms with Crippen molar-refractivity contribution in [3.05, 3.63) is 29.3 Å². The Bertz CT molecular complexity index is 446. The zero-order valence-electron chi connectivity index (χ0n) is 11.3. The van der Waals surface area contributed by atoms with Crippen LogP contribution < -0.4 is 5.32 Å². The van der Waals surface area contributed by atoms with Crippen LogP contribution in [0.1, 0.15) is 11.1 Å². The van der Waals surface area contributed by atoms with Crippen LogP contribution in [0.4, 0.5) is 5.69 Å². The number of hydrogen-bond donors (Lipinski definition) is 3. The number of aryl methyl sites for hydroxylation is 2. The van der Waals surface area contributed by atoms with Crippen molar-refractivity contribution in [1.29, 1.82) is 0 Å². The van der Waals surface area contributed by atoms with Gasteiger partial charge in [0, 0.05) is 18.8 Å². The number of aliphatic hydroxyl groups excluding tert-OH is 2. The fourth-order valence-electron chi connectivity index (χ4n) is 2.37. The normalized spacial score (nSPS) is 23.6. The lowest BCUT2D eigenvalue weighted by atomic mass is 10.1. The number of carbonyl (C=O) groups excluding carboxylic acids is 1. The molecule has 0 saturated carbocycles. The van der Waals surface area contributed by atoms with E-state index in [1.54, 1.807) is 4.90 Å². The molecule has 1 aromatic carbocycles. The number of β-amino-alcohol motifs (C(OH)–C–C–N with tert-alkyl or cyclic N) is 2. The van der Waals surface area contributed by atoms with Gasteiger partial charge < -0.3 is 15.5 Å². The monoisotopic (exact) mass is 264 g/mol. The zero-order chi connectivity index (χ0) is 14.0. The predicted molar refractivity (Wildman–Crippen MR) is 73.0 cm³/mol. The molecule has 3 N–H and O–H groups in total. The van der Waals surface area contributed by atoms with Gasteiger partial charge in [0.15, 0.2) is 0 Å². The quantitative estimate of drug-likeness (QED) is 0.733. The van der Waals surface area contributed by atoms with Crippen molar-refractivity contribution in [2.75, 3.05) is 25.0 Å². The minimum atomic E-state index is -0.756. The van der Waals surface area contributed by atoms with Crippen LogP contribution in [0.25, 0.3) is 0 Å². The molecule has 104 valence electrons. The SMILES string of the molecule is Cc1cccc(C)c1NC(=O)CN1C[C@@H](O)[C@@H](O)C1. The van der Waals surface area contributed by atoms with Crippen molar-refractivity contribution in [3.63, 3.8) is 0 Å². The summed E-state index contributed by atoms with van der Waals surface area (Å²) < 4.78 is 0. The van der Waals surface area contributed by atoms with E-state index in [1.807, 2.05) is 32.0 Å². The Kier molecular flexibility index (Phi) is 4.19. The van der Waals surface area contributed by atoms with Crippen molar-refractivity contribution >= 4 is 11.6 Å². The summed E-state index contributed by atoms with van der Waals surface area (Å²) in [5, 5.41) is 21.8. The summed E-state index contributed by atoms with van der Waals surface area (Å²) in [6.07, 6.45) is -1.51. The van der Waals surface area contributed by atoms with Gasteiger partial charge in [-0.05, 0) is 25.0 Å². The van der Waals surface area contributed by atoms with Crippen LogP contribution in [0.15, 0.2) is 18.2 Å². The Hall–Kier alpha value is -1.43. The molecule has 1 aliphatic rings. The number of rotatable bonds is 3. The predicted octanol–water partition coefficient (Wildman–Crippen LogP) is 0.279. The van der Waals surface area contributed by atoms with Crippen LogP contribution in [-0.4, -0.2) is 52.9 Å². The summed E-state index contributed by atoms with van der Waals surface area (Å²) >= 11 is 0. The van der Waals surface area contributed by atoms with E-state index in [0.717, 1.165) is 16.8 Å². The fraction of sp³-hybridized carbons (Fsp3) is 0.500. The third-order valence-corrected chi connectivity index (χ3v) is 3.45. The Labute approximate surface area is 112 Å². The van der Waals surface area contributed by atoms with Gasteiger partial charge in [0.2, 0.25) is 5.91 Å². The van der Waals surface area contributed by atoms with Crippen molar-refractivity contribution in [2.24, 2.45) is 0 Å². The van der Waals surface area contributed by atoms with Gasteiger partial charge in [-0.25, -0.2) is 0 Å². The number of amides is 1. The van der Waals surface area contributed by atoms with Crippen LogP contribution in [0.2, 0.25) is 0 Å². The molecule has 19 heavy (non-hydrogen) atoms. The molecular weight excluding hydrogens is 244 g/mol. The Balaban J connectivity index is 1.95. The third-order valence-electron chi connectivity index (χ3n) is 3.45. The van der Waals surface area contributed by atoms with Gasteiger partial charge in [-0.3, -0.25) is 9.69 Å². The highest BCUT2D eigenvalue weighted by molar-refractivity contribution is 5.93. The number of nitrogens with one attached hydrogen (secondary N) is 1. The summed E-state index contributed by atoms with van der Waals surface area (Å²) in [7, 11) is 0. The largest absolute Gasteiger partial charge is 0.389 e. The van der Waals surface area contributed by atoms with Crippen molar-refractivity contribution in [1.82, 2.24) is 4.90 Å². The number of hydrogen-bond acceptors (Lipinski definition) is 4. The van der Waals surface area contributed by atoms with Gasteiger partial charge in [0.25, 0.3) is 0 Å². The molecule has 0 unspecified atom stereocenters. The van der Waals surface area contributed by atoms with Gasteiger partial charge in [-0.15, -0.1) is 0 Å². The van der Waals surface area contributed by atoms with Crippen LogP contribution in [0.3, 0.4) is 0 Å². The van der Waals surface area contributed by atoms with Gasteiger partial charge in [0.05, 0.1) is 18.8 Å². The molecule has 5 heteroatoms. The molecule has 1 aliphatic heterocycles. The minimum absolute atomic E-state index is 0.126. The number of anilines is 1. The lowest BCUT2D eigenvalue weighted by Gasteiger charge is -2.16. The van der Waals surface area contributed by atoms with E-state index in [0.29, 0.717) is 13.1 Å². The molecule has 0 aromatic heterocycles. The first-order valence-electron chi connectivity index (χ1n) is 6.42. The molecule has 2 rings (SSSR count). The highest BCUT2D eigenvalue weighted by Gasteiger charge is 2.30. The molecule has 5 nitrogen and oxygen atoms in total. The second kappa shape index (κ2) is 5.69. The number of aliphatic hydroxyl groups is 2. The highest BCUT2D eigenvalue weighted by atomic mass is 16.3. The standard InChI is InChI=1S/C14H20N2O3/c1-9-4-3-5-10(2)14(9)15-13(19)8-16-6-11(17)12(18)7-16/h3-5,11-12,17-18H,6-8H2,1-2H3,(H,15,19)/t11-,12+. The molecule has 1 aromatic rings. The van der Waals surface area contributed by atoms with E-state index in [1.165, 1.54) is 0 Å². The van der Waals surface area contributed by atoms with Gasteiger partial charge in [-0.1, -0.05) is 18.2 Å². The summed E-state index contributed by atoms with van der Waals surface area (Å²) in [5.41, 5.74) is 2.89. The molecule has 2 atom stereocenters. The van der Waals surface area contributed by atoms with Crippen molar-refractivity contribution in [2.45, 2.75) is 26.1 Å². The number of carbonyl (C=O) groups is 1. The molecule has 0 spiro atoms. The summed E-state index contributed by atoms with van der Waals surface area (Å²) in [6, 6.07) is 5.85. The summed E-state index contributed by atoms with van der Waals surface area (Å²) in [4.78, 5) is 13.7. The van der Waals surface area contributed by atoms with E-state index in [9.17, 15) is 15.0 Å². The molecule has 1 amide bonds. The molecule has 1 saturated heterocycles. The van der Waals surface area contributed by atoms with E-state index in [2.05, 4.69) is 5.32 Å². The van der Waals surface area contributed by atoms with Gasteiger partial charge >= 0.3 is 0 Å². The summed E-state index contributed by atoms with van der Waals surface area (Å²) in [5.74, 6) is -0.126. The Morgan fingerprint density at radius 1 is 1.26 bits per heavy atom. The van der Waals surface area contributed by atoms with E-state index >= 15 is 0 Å². The first-order chi connectivity index (χ1) is 8.97. The molecule has 0 bridgehead atoms. The third kappa shape index (κ3) is 3.32. The molecule has 0 aliphatic carbocycles. The van der Waals surface area contributed by atoms with Crippen LogP contribution in [-0.2, 0) is 4.79 Å². The second-order valence-corrected chi connectivity index (χ2v) is 5.14. The maximum Gasteiger partial charge on any atom is 0.238 e. The lowest BCUT2D eigenvalue weighted by molar-refractivity contribution is -0.117. The first-order valence-corrected chi connectivity index (χ1v) is 6.42. The van der Waals surface area contributed by atoms with Gasteiger partial charge in [-0.2, -0.15) is 0 Å². The first kappa shape index (κ1) is 14.0. The maximum absolute atomic E-state index is 12.0. The lowest BCUT2D eigenvalue weighted by Crippen LogP contribution is -2.32. The molecular formula is C14H20N2O3. The maximum atomic E-state index is 12.0. The second-order valence-electron chi connectivity index (χ2n) is 5.14. The van der Waals surface area contributed by atoms with E-state index in [4.69, 9.17) is 0 Å². The number of para-hydroxylation sites is 1. The number of nitrogens with zero attached hydrogens (tertiary/aromatic N) is 1. The average molecular weight is 264 g/mol. The van der Waals surface area contributed by atoms with Crippen molar-refractivity contribution in [3.8, 4) is 0 Å². The molecule has 0 radical (unpaired) electrons. The zero-order valence-corrected chi connectivity index (χ0v) is 11.3. The molecule has 1 fully saturated rings. The van der Waals surface area contributed by atoms with Crippen LogP contribution in [0.5, 0.6) is 0 Å². The number of benzene rings is 1. The number of likely N-dealkylation sites (tertiary alicyclic amines) is 1. The smallest absolute Gasteiger partial charge is 0.238 e. The van der Waals surface area contributed by atoms with Crippen molar-refractivity contribution < 1.29 is 15.0 Å². The average Bonchev–Trinajstić information content (AvgIpc) is 2.63. The van der Waals surface area contributed by atoms with E-state index < -0.39 is 12.2 Å². The van der Waals surface area contributed by atoms with Gasteiger partial charge in [0.1, 0.15) is 0 Å². The van der Waals surface area contributed by atoms with Crippen LogP contribution in [0, 0.1) is 13.8 Å². The fourth-order valence-corrected chi connectivity index (χ4v) is 2.37. The molecule has 1 heterocycles. The Morgan fingerprint density at radius 3 is 2.32 bits per heavy atom. The highest BCUT2D eigenvalue weighted by Crippen LogP contribution is 2.19. The minimum Gasteiger partial charge on any atom is -0.389 e. The Morgan fingerprint density at radius 2 is 1.79 bits per heavy atom.